The summed E-state index contributed by atoms with van der Waals surface area (Å²) >= 11 is 0. The van der Waals surface area contributed by atoms with E-state index < -0.39 is 0 Å². The minimum absolute atomic E-state index is 0.0518. The number of rotatable bonds is 7. The van der Waals surface area contributed by atoms with E-state index in [1.54, 1.807) is 0 Å². The molecule has 0 bridgehead atoms. The first kappa shape index (κ1) is 12.0. The highest BCUT2D eigenvalue weighted by Gasteiger charge is 2.00. The van der Waals surface area contributed by atoms with E-state index >= 15 is 0 Å². The number of hydrogen-bond donors (Lipinski definition) is 1. The Morgan fingerprint density at radius 3 is 2.08 bits per heavy atom. The largest absolute Gasteiger partial charge is 0.393 e. The van der Waals surface area contributed by atoms with Crippen LogP contribution in [0.25, 0.3) is 0 Å². The molecule has 0 heterocycles. The lowest BCUT2D eigenvalue weighted by molar-refractivity contribution is 0.156. The normalized spacial score (nSPS) is 13.8. The molecule has 0 fully saturated rings. The van der Waals surface area contributed by atoms with Gasteiger partial charge in [0.25, 0.3) is 0 Å². The average Bonchev–Trinajstić information content (AvgIpc) is 2.03. The van der Waals surface area contributed by atoms with Gasteiger partial charge in [0.15, 0.2) is 0 Å². The molecule has 1 atom stereocenters. The highest BCUT2D eigenvalue weighted by molar-refractivity contribution is 4.53. The van der Waals surface area contributed by atoms with E-state index in [9.17, 15) is 5.11 Å². The van der Waals surface area contributed by atoms with E-state index in [4.69, 9.17) is 0 Å². The summed E-state index contributed by atoms with van der Waals surface area (Å²) < 4.78 is 0. The van der Waals surface area contributed by atoms with Crippen LogP contribution in [0, 0.1) is 5.92 Å². The molecule has 1 N–H and O–H groups in total. The van der Waals surface area contributed by atoms with Gasteiger partial charge in [-0.3, -0.25) is 0 Å². The minimum Gasteiger partial charge on any atom is -0.393 e. The number of hydrogen-bond acceptors (Lipinski definition) is 1. The highest BCUT2D eigenvalue weighted by Crippen LogP contribution is 2.11. The van der Waals surface area contributed by atoms with Crippen LogP contribution in [0.5, 0.6) is 0 Å². The Morgan fingerprint density at radius 2 is 1.58 bits per heavy atom. The molecule has 0 amide bonds. The number of aliphatic hydroxyl groups excluding tert-OH is 1. The molecule has 0 saturated carbocycles. The lowest BCUT2D eigenvalue weighted by atomic mass is 10.0. The Bertz CT molecular complexity index is 89.0. The van der Waals surface area contributed by atoms with E-state index in [-0.39, 0.29) is 6.10 Å². The Kier molecular flexibility index (Phi) is 7.58. The van der Waals surface area contributed by atoms with Crippen molar-refractivity contribution in [2.75, 3.05) is 0 Å². The first-order chi connectivity index (χ1) is 5.66. The zero-order valence-corrected chi connectivity index (χ0v) is 8.84. The molecule has 0 unspecified atom stereocenters. The third-order valence-electron chi connectivity index (χ3n) is 2.29. The van der Waals surface area contributed by atoms with Crippen LogP contribution in [0.2, 0.25) is 0 Å². The monoisotopic (exact) mass is 172 g/mol. The summed E-state index contributed by atoms with van der Waals surface area (Å²) in [5.41, 5.74) is 0. The minimum atomic E-state index is -0.0518. The zero-order valence-electron chi connectivity index (χ0n) is 8.84. The fourth-order valence-electron chi connectivity index (χ4n) is 1.31. The second-order valence-electron chi connectivity index (χ2n) is 4.09. The van der Waals surface area contributed by atoms with Gasteiger partial charge in [-0.25, -0.2) is 0 Å². The van der Waals surface area contributed by atoms with Gasteiger partial charge in [-0.1, -0.05) is 46.5 Å². The van der Waals surface area contributed by atoms with Gasteiger partial charge in [-0.2, -0.15) is 0 Å². The maximum absolute atomic E-state index is 9.27. The van der Waals surface area contributed by atoms with Gasteiger partial charge < -0.3 is 5.11 Å². The fraction of sp³-hybridized carbons (Fsp3) is 1.00. The smallest absolute Gasteiger partial charge is 0.0537 e. The Hall–Kier alpha value is -0.0400. The van der Waals surface area contributed by atoms with E-state index in [2.05, 4.69) is 13.8 Å². The van der Waals surface area contributed by atoms with Gasteiger partial charge in [0.2, 0.25) is 0 Å². The predicted molar refractivity (Wildman–Crippen MR) is 54.2 cm³/mol. The summed E-state index contributed by atoms with van der Waals surface area (Å²) in [6.07, 6.45) is 7.00. The van der Waals surface area contributed by atoms with Crippen LogP contribution >= 0.6 is 0 Å². The van der Waals surface area contributed by atoms with Crippen LogP contribution in [-0.2, 0) is 0 Å². The standard InChI is InChI=1S/C11H24O/c1-4-11(12)9-7-5-6-8-10(2)3/h10-12H,4-9H2,1-3H3/t11-/m1/s1. The first-order valence-corrected chi connectivity index (χ1v) is 5.34. The molecule has 0 radical (unpaired) electrons. The second-order valence-corrected chi connectivity index (χ2v) is 4.09. The molecule has 0 aliphatic carbocycles. The number of unbranched alkanes of at least 4 members (excludes halogenated alkanes) is 2. The van der Waals surface area contributed by atoms with Crippen molar-refractivity contribution in [3.63, 3.8) is 0 Å². The Balaban J connectivity index is 3.00. The lowest BCUT2D eigenvalue weighted by Gasteiger charge is -2.07. The summed E-state index contributed by atoms with van der Waals surface area (Å²) in [6.45, 7) is 6.57. The maximum Gasteiger partial charge on any atom is 0.0537 e. The molecular weight excluding hydrogens is 148 g/mol. The van der Waals surface area contributed by atoms with Gasteiger partial charge in [0.05, 0.1) is 6.10 Å². The van der Waals surface area contributed by atoms with Gasteiger partial charge in [-0.05, 0) is 18.8 Å². The summed E-state index contributed by atoms with van der Waals surface area (Å²) in [5.74, 6) is 0.834. The van der Waals surface area contributed by atoms with Crippen molar-refractivity contribution in [3.05, 3.63) is 0 Å². The molecular formula is C11H24O. The van der Waals surface area contributed by atoms with Gasteiger partial charge >= 0.3 is 0 Å². The van der Waals surface area contributed by atoms with Gasteiger partial charge in [0.1, 0.15) is 0 Å². The topological polar surface area (TPSA) is 20.2 Å². The molecule has 0 spiro atoms. The molecule has 12 heavy (non-hydrogen) atoms. The van der Waals surface area contributed by atoms with Crippen LogP contribution in [0.1, 0.15) is 59.3 Å². The SMILES string of the molecule is CC[C@@H](O)CCCCCC(C)C. The Labute approximate surface area is 77.2 Å². The molecule has 0 aromatic carbocycles. The van der Waals surface area contributed by atoms with Crippen molar-refractivity contribution in [1.82, 2.24) is 0 Å². The summed E-state index contributed by atoms with van der Waals surface area (Å²) in [7, 11) is 0. The van der Waals surface area contributed by atoms with Crippen LogP contribution in [0.4, 0.5) is 0 Å². The zero-order chi connectivity index (χ0) is 9.40. The molecule has 0 aliphatic heterocycles. The molecule has 0 aromatic heterocycles. The summed E-state index contributed by atoms with van der Waals surface area (Å²) in [5, 5.41) is 9.27. The molecule has 0 aromatic rings. The van der Waals surface area contributed by atoms with E-state index in [1.165, 1.54) is 25.7 Å². The maximum atomic E-state index is 9.27. The average molecular weight is 172 g/mol. The molecule has 74 valence electrons. The highest BCUT2D eigenvalue weighted by atomic mass is 16.3. The van der Waals surface area contributed by atoms with Gasteiger partial charge in [0, 0.05) is 0 Å². The molecule has 0 aliphatic rings. The van der Waals surface area contributed by atoms with E-state index in [1.807, 2.05) is 6.92 Å². The summed E-state index contributed by atoms with van der Waals surface area (Å²) in [4.78, 5) is 0. The summed E-state index contributed by atoms with van der Waals surface area (Å²) in [6, 6.07) is 0. The Morgan fingerprint density at radius 1 is 1.00 bits per heavy atom. The van der Waals surface area contributed by atoms with Crippen molar-refractivity contribution in [1.29, 1.82) is 0 Å². The number of aliphatic hydroxyl groups is 1. The lowest BCUT2D eigenvalue weighted by Crippen LogP contribution is -2.03. The van der Waals surface area contributed by atoms with E-state index in [0.717, 1.165) is 18.8 Å². The fourth-order valence-corrected chi connectivity index (χ4v) is 1.31. The van der Waals surface area contributed by atoms with Crippen molar-refractivity contribution >= 4 is 0 Å². The third kappa shape index (κ3) is 8.06. The molecule has 1 heteroatoms. The molecule has 0 saturated heterocycles. The third-order valence-corrected chi connectivity index (χ3v) is 2.29. The van der Waals surface area contributed by atoms with Crippen LogP contribution in [0.15, 0.2) is 0 Å². The van der Waals surface area contributed by atoms with Crippen molar-refractivity contribution in [2.24, 2.45) is 5.92 Å². The van der Waals surface area contributed by atoms with Crippen molar-refractivity contribution in [2.45, 2.75) is 65.4 Å². The van der Waals surface area contributed by atoms with Crippen molar-refractivity contribution < 1.29 is 5.11 Å². The van der Waals surface area contributed by atoms with Crippen LogP contribution in [0.3, 0.4) is 0 Å². The second kappa shape index (κ2) is 7.60. The van der Waals surface area contributed by atoms with E-state index in [0.29, 0.717) is 0 Å². The van der Waals surface area contributed by atoms with Gasteiger partial charge in [-0.15, -0.1) is 0 Å². The van der Waals surface area contributed by atoms with Crippen LogP contribution in [-0.4, -0.2) is 11.2 Å². The predicted octanol–water partition coefficient (Wildman–Crippen LogP) is 3.36. The molecule has 0 rings (SSSR count). The molecule has 1 nitrogen and oxygen atoms in total. The first-order valence-electron chi connectivity index (χ1n) is 5.34. The van der Waals surface area contributed by atoms with Crippen LogP contribution < -0.4 is 0 Å². The van der Waals surface area contributed by atoms with Crippen molar-refractivity contribution in [3.8, 4) is 0 Å². The quantitative estimate of drug-likeness (QED) is 0.584.